The fourth-order valence-electron chi connectivity index (χ4n) is 4.76. The number of ether oxygens (including phenoxy) is 2. The van der Waals surface area contributed by atoms with E-state index in [-0.39, 0.29) is 47.2 Å². The molecule has 3 aliphatic rings. The summed E-state index contributed by atoms with van der Waals surface area (Å²) in [5.41, 5.74) is 7.58. The van der Waals surface area contributed by atoms with Crippen LogP contribution in [0.25, 0.3) is 11.2 Å². The van der Waals surface area contributed by atoms with Gasteiger partial charge in [0.2, 0.25) is 11.7 Å². The molecule has 6 rings (SSSR count). The van der Waals surface area contributed by atoms with Crippen molar-refractivity contribution in [2.24, 2.45) is 5.92 Å². The lowest BCUT2D eigenvalue weighted by molar-refractivity contribution is -0.137. The predicted molar refractivity (Wildman–Crippen MR) is 145 cm³/mol. The van der Waals surface area contributed by atoms with Crippen molar-refractivity contribution < 1.29 is 29.3 Å². The third-order valence-electron chi connectivity index (χ3n) is 7.38. The van der Waals surface area contributed by atoms with Gasteiger partial charge in [0.15, 0.2) is 23.8 Å². The van der Waals surface area contributed by atoms with E-state index < -0.39 is 30.4 Å². The number of nitrogens with one attached hydrogen (secondary N) is 1. The molecule has 0 bridgehead atoms. The van der Waals surface area contributed by atoms with Gasteiger partial charge >= 0.3 is 0 Å². The van der Waals surface area contributed by atoms with E-state index in [0.717, 1.165) is 37.0 Å². The van der Waals surface area contributed by atoms with Crippen LogP contribution in [-0.2, 0) is 20.9 Å². The van der Waals surface area contributed by atoms with E-state index in [9.17, 15) is 19.8 Å². The Balaban J connectivity index is 1.21. The molecule has 2 aliphatic carbocycles. The zero-order chi connectivity index (χ0) is 28.7. The average molecular weight is 562 g/mol. The lowest BCUT2D eigenvalue weighted by Crippen LogP contribution is -2.43. The fraction of sp³-hybridized carbons (Fsp3) is 0.464. The van der Waals surface area contributed by atoms with Crippen molar-refractivity contribution in [2.75, 3.05) is 19.4 Å². The van der Waals surface area contributed by atoms with Crippen molar-refractivity contribution >= 4 is 28.8 Å². The molecule has 2 saturated carbocycles. The Morgan fingerprint density at radius 2 is 1.93 bits per heavy atom. The topological polar surface area (TPSA) is 178 Å². The summed E-state index contributed by atoms with van der Waals surface area (Å²) in [6.07, 6.45) is -0.357. The second kappa shape index (κ2) is 11.0. The van der Waals surface area contributed by atoms with Crippen molar-refractivity contribution in [2.45, 2.75) is 62.8 Å². The summed E-state index contributed by atoms with van der Waals surface area (Å²) in [5.74, 6) is 6.37. The van der Waals surface area contributed by atoms with E-state index in [4.69, 9.17) is 15.2 Å². The number of nitrogens with two attached hydrogens (primary N) is 1. The summed E-state index contributed by atoms with van der Waals surface area (Å²) in [4.78, 5) is 40.1. The molecule has 3 aromatic rings. The molecule has 1 aliphatic heterocycles. The second-order valence-corrected chi connectivity index (χ2v) is 10.6. The number of hydrogen-bond donors (Lipinski definition) is 4. The SMILES string of the molecule is COc1ccc(CN(CC#Cc2nc(N)c3ncn([C@@H]4O[C@H](C(=O)NC5CC5)C(O)[C@H]4O)c3n2)C(=O)C2CC2)cc1. The van der Waals surface area contributed by atoms with Crippen molar-refractivity contribution in [3.8, 4) is 17.6 Å². The first-order valence-corrected chi connectivity index (χ1v) is 13.5. The monoisotopic (exact) mass is 561 g/mol. The number of anilines is 1. The van der Waals surface area contributed by atoms with Crippen LogP contribution in [0.2, 0.25) is 0 Å². The van der Waals surface area contributed by atoms with Gasteiger partial charge in [0.1, 0.15) is 23.5 Å². The number of aliphatic hydroxyl groups excluding tert-OH is 2. The highest BCUT2D eigenvalue weighted by atomic mass is 16.6. The Morgan fingerprint density at radius 1 is 1.17 bits per heavy atom. The highest BCUT2D eigenvalue weighted by molar-refractivity contribution is 5.84. The Bertz CT molecular complexity index is 1520. The number of rotatable bonds is 8. The van der Waals surface area contributed by atoms with Gasteiger partial charge in [-0.05, 0) is 49.3 Å². The van der Waals surface area contributed by atoms with E-state index in [2.05, 4.69) is 32.1 Å². The maximum atomic E-state index is 12.9. The molecule has 1 aromatic carbocycles. The molecule has 2 aromatic heterocycles. The van der Waals surface area contributed by atoms with Crippen molar-refractivity contribution in [1.29, 1.82) is 0 Å². The van der Waals surface area contributed by atoms with Crippen LogP contribution in [0.5, 0.6) is 5.75 Å². The molecule has 0 radical (unpaired) electrons. The number of nitrogens with zero attached hydrogens (tertiary/aromatic N) is 5. The van der Waals surface area contributed by atoms with Gasteiger partial charge in [-0.15, -0.1) is 0 Å². The highest BCUT2D eigenvalue weighted by Crippen LogP contribution is 2.33. The first-order valence-electron chi connectivity index (χ1n) is 13.5. The van der Waals surface area contributed by atoms with Gasteiger partial charge in [-0.25, -0.2) is 15.0 Å². The molecule has 2 amide bonds. The number of fused-ring (bicyclic) bond motifs is 1. The van der Waals surface area contributed by atoms with Gasteiger partial charge < -0.3 is 35.6 Å². The van der Waals surface area contributed by atoms with E-state index >= 15 is 0 Å². The molecule has 13 nitrogen and oxygen atoms in total. The Morgan fingerprint density at radius 3 is 2.61 bits per heavy atom. The van der Waals surface area contributed by atoms with Gasteiger partial charge in [0.05, 0.1) is 20.0 Å². The average Bonchev–Trinajstić information content (AvgIpc) is 3.90. The fourth-order valence-corrected chi connectivity index (χ4v) is 4.76. The number of aromatic nitrogens is 4. The van der Waals surface area contributed by atoms with Crippen LogP contribution in [0.3, 0.4) is 0 Å². The number of benzene rings is 1. The van der Waals surface area contributed by atoms with E-state index in [1.807, 2.05) is 24.3 Å². The standard InChI is InChI=1S/C28H31N7O6/c1-40-18-10-4-15(5-11-18)13-34(27(39)16-6-7-16)12-2-3-19-32-24(29)20-25(33-19)35(14-30-20)28-22(37)21(36)23(41-28)26(38)31-17-8-9-17/h4-5,10-11,14,16-17,21-23,28,36-37H,6-9,12-13H2,1H3,(H,31,38)(H2,29,32,33)/t21?,22-,23+,28-/m1/s1. The summed E-state index contributed by atoms with van der Waals surface area (Å²) in [5, 5.41) is 24.0. The lowest BCUT2D eigenvalue weighted by atomic mass is 10.1. The van der Waals surface area contributed by atoms with Gasteiger partial charge in [0, 0.05) is 18.5 Å². The molecular weight excluding hydrogens is 530 g/mol. The quantitative estimate of drug-likeness (QED) is 0.276. The first-order chi connectivity index (χ1) is 19.8. The molecule has 1 saturated heterocycles. The van der Waals surface area contributed by atoms with Crippen molar-refractivity contribution in [1.82, 2.24) is 29.7 Å². The van der Waals surface area contributed by atoms with Crippen LogP contribution in [0, 0.1) is 17.8 Å². The summed E-state index contributed by atoms with van der Waals surface area (Å²) in [7, 11) is 1.60. The molecule has 4 atom stereocenters. The number of carbonyl (C=O) groups excluding carboxylic acids is 2. The summed E-state index contributed by atoms with van der Waals surface area (Å²) in [6, 6.07) is 7.59. The number of hydrogen-bond acceptors (Lipinski definition) is 10. The number of carbonyl (C=O) groups is 2. The minimum absolute atomic E-state index is 0.0241. The normalized spacial score (nSPS) is 23.6. The van der Waals surface area contributed by atoms with Gasteiger partial charge in [-0.3, -0.25) is 14.2 Å². The molecular formula is C28H31N7O6. The predicted octanol–water partition coefficient (Wildman–Crippen LogP) is 0.105. The maximum absolute atomic E-state index is 12.9. The van der Waals surface area contributed by atoms with Crippen LogP contribution in [0.4, 0.5) is 5.82 Å². The molecule has 1 unspecified atom stereocenters. The van der Waals surface area contributed by atoms with Gasteiger partial charge in [-0.1, -0.05) is 18.1 Å². The summed E-state index contributed by atoms with van der Waals surface area (Å²) >= 11 is 0. The number of methoxy groups -OCH3 is 1. The minimum Gasteiger partial charge on any atom is -0.497 e. The van der Waals surface area contributed by atoms with Crippen LogP contribution >= 0.6 is 0 Å². The minimum atomic E-state index is -1.43. The van der Waals surface area contributed by atoms with E-state index in [1.54, 1.807) is 12.0 Å². The number of nitrogen functional groups attached to an aromatic ring is 1. The Hall–Kier alpha value is -4.25. The van der Waals surface area contributed by atoms with E-state index in [1.165, 1.54) is 10.9 Å². The van der Waals surface area contributed by atoms with Crippen LogP contribution in [0.15, 0.2) is 30.6 Å². The largest absolute Gasteiger partial charge is 0.497 e. The number of amides is 2. The number of aliphatic hydroxyl groups is 2. The summed E-state index contributed by atoms with van der Waals surface area (Å²) < 4.78 is 12.4. The first kappa shape index (κ1) is 26.9. The molecule has 3 fully saturated rings. The molecule has 3 heterocycles. The third-order valence-corrected chi connectivity index (χ3v) is 7.38. The zero-order valence-electron chi connectivity index (χ0n) is 22.4. The lowest BCUT2D eigenvalue weighted by Gasteiger charge is -2.20. The molecule has 214 valence electrons. The maximum Gasteiger partial charge on any atom is 0.252 e. The van der Waals surface area contributed by atoms with Crippen molar-refractivity contribution in [3.05, 3.63) is 42.0 Å². The van der Waals surface area contributed by atoms with Crippen LogP contribution in [-0.4, -0.2) is 84.5 Å². The van der Waals surface area contributed by atoms with Crippen LogP contribution in [0.1, 0.15) is 43.3 Å². The smallest absolute Gasteiger partial charge is 0.252 e. The molecule has 41 heavy (non-hydrogen) atoms. The Labute approximate surface area is 235 Å². The van der Waals surface area contributed by atoms with Crippen molar-refractivity contribution in [3.63, 3.8) is 0 Å². The highest BCUT2D eigenvalue weighted by Gasteiger charge is 2.48. The second-order valence-electron chi connectivity index (χ2n) is 10.6. The van der Waals surface area contributed by atoms with Gasteiger partial charge in [-0.2, -0.15) is 0 Å². The summed E-state index contributed by atoms with van der Waals surface area (Å²) in [6.45, 7) is 0.563. The van der Waals surface area contributed by atoms with E-state index in [0.29, 0.717) is 6.54 Å². The number of imidazole rings is 1. The van der Waals surface area contributed by atoms with Crippen LogP contribution < -0.4 is 15.8 Å². The molecule has 13 heteroatoms. The molecule has 0 spiro atoms. The van der Waals surface area contributed by atoms with Gasteiger partial charge in [0.25, 0.3) is 5.91 Å². The molecule has 5 N–H and O–H groups in total. The third kappa shape index (κ3) is 5.67. The Kier molecular flexibility index (Phi) is 7.21. The zero-order valence-corrected chi connectivity index (χ0v) is 22.4.